The molecule has 0 aromatic carbocycles. The van der Waals surface area contributed by atoms with Gasteiger partial charge < -0.3 is 15.5 Å². The minimum atomic E-state index is 0.146. The normalized spacial score (nSPS) is 26.2. The number of rotatable bonds is 3. The number of fused-ring (bicyclic) bond motifs is 1. The molecular formula is C14H20N4O. The summed E-state index contributed by atoms with van der Waals surface area (Å²) in [5, 5.41) is 6.09. The second kappa shape index (κ2) is 5.17. The van der Waals surface area contributed by atoms with Gasteiger partial charge in [0.15, 0.2) is 0 Å². The Kier molecular flexibility index (Phi) is 3.38. The van der Waals surface area contributed by atoms with Gasteiger partial charge >= 0.3 is 0 Å². The molecule has 3 rings (SSSR count). The van der Waals surface area contributed by atoms with Gasteiger partial charge in [-0.3, -0.25) is 4.79 Å². The van der Waals surface area contributed by atoms with Crippen molar-refractivity contribution >= 4 is 11.7 Å². The molecule has 2 N–H and O–H groups in total. The van der Waals surface area contributed by atoms with Crippen molar-refractivity contribution in [2.75, 3.05) is 25.0 Å². The molecule has 0 saturated carbocycles. The summed E-state index contributed by atoms with van der Waals surface area (Å²) < 4.78 is 0. The van der Waals surface area contributed by atoms with E-state index < -0.39 is 0 Å². The standard InChI is InChI=1S/C14H20N4O/c1-15-7-10-4-5-13(16-8-10)18-6-2-3-11-12(18)9-17-14(11)19/h4-5,8,11-12,15H,2-3,6-7,9H2,1H3,(H,17,19). The zero-order valence-electron chi connectivity index (χ0n) is 11.2. The Labute approximate surface area is 113 Å². The van der Waals surface area contributed by atoms with Gasteiger partial charge in [-0.05, 0) is 31.5 Å². The third-order valence-electron chi connectivity index (χ3n) is 4.09. The van der Waals surface area contributed by atoms with Gasteiger partial charge in [-0.25, -0.2) is 4.98 Å². The minimum Gasteiger partial charge on any atom is -0.354 e. The first kappa shape index (κ1) is 12.4. The minimum absolute atomic E-state index is 0.146. The molecule has 5 nitrogen and oxygen atoms in total. The van der Waals surface area contributed by atoms with Crippen LogP contribution in [0.5, 0.6) is 0 Å². The number of anilines is 1. The van der Waals surface area contributed by atoms with E-state index in [1.54, 1.807) is 0 Å². The Morgan fingerprint density at radius 3 is 3.16 bits per heavy atom. The molecule has 0 spiro atoms. The topological polar surface area (TPSA) is 57.3 Å². The fraction of sp³-hybridized carbons (Fsp3) is 0.571. The Bertz CT molecular complexity index is 459. The van der Waals surface area contributed by atoms with Crippen LogP contribution in [0.15, 0.2) is 18.3 Å². The summed E-state index contributed by atoms with van der Waals surface area (Å²) in [6, 6.07) is 4.45. The van der Waals surface area contributed by atoms with Gasteiger partial charge in [-0.1, -0.05) is 6.07 Å². The van der Waals surface area contributed by atoms with Crippen LogP contribution in [0, 0.1) is 5.92 Å². The maximum Gasteiger partial charge on any atom is 0.225 e. The lowest BCUT2D eigenvalue weighted by molar-refractivity contribution is -0.122. The third-order valence-corrected chi connectivity index (χ3v) is 4.09. The molecule has 5 heteroatoms. The molecule has 3 heterocycles. The van der Waals surface area contributed by atoms with Crippen LogP contribution in [0.2, 0.25) is 0 Å². The summed E-state index contributed by atoms with van der Waals surface area (Å²) in [5.74, 6) is 1.35. The van der Waals surface area contributed by atoms with E-state index in [1.807, 2.05) is 13.2 Å². The monoisotopic (exact) mass is 260 g/mol. The summed E-state index contributed by atoms with van der Waals surface area (Å²) in [7, 11) is 1.93. The molecule has 1 amide bonds. The van der Waals surface area contributed by atoms with E-state index >= 15 is 0 Å². The van der Waals surface area contributed by atoms with Crippen molar-refractivity contribution in [2.24, 2.45) is 5.92 Å². The van der Waals surface area contributed by atoms with E-state index in [0.29, 0.717) is 0 Å². The zero-order chi connectivity index (χ0) is 13.2. The molecule has 2 fully saturated rings. The van der Waals surface area contributed by atoms with Crippen molar-refractivity contribution in [3.8, 4) is 0 Å². The first-order valence-corrected chi connectivity index (χ1v) is 6.93. The Hall–Kier alpha value is -1.62. The van der Waals surface area contributed by atoms with Gasteiger partial charge in [0.05, 0.1) is 12.0 Å². The molecule has 0 aliphatic carbocycles. The summed E-state index contributed by atoms with van der Waals surface area (Å²) in [6.07, 6.45) is 3.99. The average Bonchev–Trinajstić information content (AvgIpc) is 2.82. The van der Waals surface area contributed by atoms with Crippen molar-refractivity contribution in [1.82, 2.24) is 15.6 Å². The molecule has 0 bridgehead atoms. The van der Waals surface area contributed by atoms with Crippen LogP contribution in [-0.2, 0) is 11.3 Å². The Balaban J connectivity index is 1.79. The molecule has 2 aliphatic rings. The highest BCUT2D eigenvalue weighted by Crippen LogP contribution is 2.30. The van der Waals surface area contributed by atoms with Crippen molar-refractivity contribution < 1.29 is 4.79 Å². The van der Waals surface area contributed by atoms with E-state index in [2.05, 4.69) is 32.7 Å². The predicted molar refractivity (Wildman–Crippen MR) is 73.9 cm³/mol. The fourth-order valence-corrected chi connectivity index (χ4v) is 3.13. The summed E-state index contributed by atoms with van der Waals surface area (Å²) >= 11 is 0. The van der Waals surface area contributed by atoms with Crippen LogP contribution >= 0.6 is 0 Å². The van der Waals surface area contributed by atoms with Gasteiger partial charge in [-0.15, -0.1) is 0 Å². The van der Waals surface area contributed by atoms with Gasteiger partial charge in [-0.2, -0.15) is 0 Å². The van der Waals surface area contributed by atoms with Crippen molar-refractivity contribution in [1.29, 1.82) is 0 Å². The van der Waals surface area contributed by atoms with Crippen LogP contribution in [0.25, 0.3) is 0 Å². The van der Waals surface area contributed by atoms with E-state index in [9.17, 15) is 4.79 Å². The van der Waals surface area contributed by atoms with Gasteiger partial charge in [0.25, 0.3) is 0 Å². The lowest BCUT2D eigenvalue weighted by Crippen LogP contribution is -2.46. The first-order valence-electron chi connectivity index (χ1n) is 6.93. The predicted octanol–water partition coefficient (Wildman–Crippen LogP) is 0.516. The number of nitrogens with one attached hydrogen (secondary N) is 2. The maximum absolute atomic E-state index is 11.8. The number of hydrogen-bond acceptors (Lipinski definition) is 4. The van der Waals surface area contributed by atoms with Gasteiger partial charge in [0.2, 0.25) is 5.91 Å². The summed E-state index contributed by atoms with van der Waals surface area (Å²) in [5.41, 5.74) is 1.18. The third kappa shape index (κ3) is 2.30. The average molecular weight is 260 g/mol. The Morgan fingerprint density at radius 2 is 2.42 bits per heavy atom. The van der Waals surface area contributed by atoms with Crippen LogP contribution < -0.4 is 15.5 Å². The molecule has 1 aromatic rings. The molecular weight excluding hydrogens is 240 g/mol. The van der Waals surface area contributed by atoms with Crippen molar-refractivity contribution in [2.45, 2.75) is 25.4 Å². The molecule has 102 valence electrons. The lowest BCUT2D eigenvalue weighted by atomic mass is 9.91. The number of piperidine rings is 1. The number of carbonyl (C=O) groups is 1. The van der Waals surface area contributed by atoms with Crippen molar-refractivity contribution in [3.05, 3.63) is 23.9 Å². The first-order chi connectivity index (χ1) is 9.29. The molecule has 2 saturated heterocycles. The SMILES string of the molecule is CNCc1ccc(N2CCCC3C(=O)NCC32)nc1. The number of hydrogen-bond donors (Lipinski definition) is 2. The number of carbonyl (C=O) groups excluding carboxylic acids is 1. The zero-order valence-corrected chi connectivity index (χ0v) is 11.2. The second-order valence-corrected chi connectivity index (χ2v) is 5.31. The quantitative estimate of drug-likeness (QED) is 0.832. The van der Waals surface area contributed by atoms with Gasteiger partial charge in [0, 0.05) is 25.8 Å². The summed E-state index contributed by atoms with van der Waals surface area (Å²) in [4.78, 5) is 18.6. The Morgan fingerprint density at radius 1 is 1.53 bits per heavy atom. The number of aromatic nitrogens is 1. The van der Waals surface area contributed by atoms with Crippen molar-refractivity contribution in [3.63, 3.8) is 0 Å². The number of pyridine rings is 1. The van der Waals surface area contributed by atoms with Crippen LogP contribution in [0.1, 0.15) is 18.4 Å². The van der Waals surface area contributed by atoms with Gasteiger partial charge in [0.1, 0.15) is 5.82 Å². The largest absolute Gasteiger partial charge is 0.354 e. The van der Waals surface area contributed by atoms with Crippen LogP contribution in [0.4, 0.5) is 5.82 Å². The second-order valence-electron chi connectivity index (χ2n) is 5.31. The van der Waals surface area contributed by atoms with Crippen LogP contribution in [-0.4, -0.2) is 37.1 Å². The van der Waals surface area contributed by atoms with E-state index in [-0.39, 0.29) is 17.9 Å². The lowest BCUT2D eigenvalue weighted by Gasteiger charge is -2.36. The van der Waals surface area contributed by atoms with E-state index in [0.717, 1.165) is 38.3 Å². The van der Waals surface area contributed by atoms with E-state index in [1.165, 1.54) is 5.56 Å². The number of amides is 1. The smallest absolute Gasteiger partial charge is 0.225 e. The fourth-order valence-electron chi connectivity index (χ4n) is 3.13. The number of nitrogens with zero attached hydrogens (tertiary/aromatic N) is 2. The molecule has 1 aromatic heterocycles. The van der Waals surface area contributed by atoms with Crippen LogP contribution in [0.3, 0.4) is 0 Å². The highest BCUT2D eigenvalue weighted by atomic mass is 16.2. The maximum atomic E-state index is 11.8. The molecule has 19 heavy (non-hydrogen) atoms. The van der Waals surface area contributed by atoms with E-state index in [4.69, 9.17) is 0 Å². The molecule has 0 radical (unpaired) electrons. The highest BCUT2D eigenvalue weighted by Gasteiger charge is 2.41. The molecule has 2 atom stereocenters. The molecule has 2 aliphatic heterocycles. The summed E-state index contributed by atoms with van der Waals surface area (Å²) in [6.45, 7) is 2.58. The highest BCUT2D eigenvalue weighted by molar-refractivity contribution is 5.83. The molecule has 2 unspecified atom stereocenters.